The van der Waals surface area contributed by atoms with Crippen LogP contribution in [-0.4, -0.2) is 19.0 Å². The third kappa shape index (κ3) is 8.48. The predicted octanol–water partition coefficient (Wildman–Crippen LogP) is 9.43. The van der Waals surface area contributed by atoms with Crippen LogP contribution in [0.15, 0.2) is 31.7 Å². The minimum Gasteiger partial charge on any atom is -0.492 e. The molecule has 1 heterocycles. The zero-order valence-corrected chi connectivity index (χ0v) is 25.0. The van der Waals surface area contributed by atoms with Crippen LogP contribution in [0.4, 0.5) is 0 Å². The molecule has 0 fully saturated rings. The number of hydrogen-bond donors (Lipinski definition) is 0. The van der Waals surface area contributed by atoms with E-state index in [-0.39, 0.29) is 11.4 Å². The summed E-state index contributed by atoms with van der Waals surface area (Å²) in [7, 11) is 0. The Bertz CT molecular complexity index is 892. The Morgan fingerprint density at radius 1 is 0.889 bits per heavy atom. The van der Waals surface area contributed by atoms with E-state index >= 15 is 0 Å². The van der Waals surface area contributed by atoms with Crippen LogP contribution in [0.3, 0.4) is 0 Å². The molecule has 6 heteroatoms. The number of thioether (sulfide) groups is 2. The van der Waals surface area contributed by atoms with E-state index in [2.05, 4.69) is 33.8 Å². The molecule has 0 aliphatic carbocycles. The molecular formula is C30H45NO3S2. The highest BCUT2D eigenvalue weighted by Crippen LogP contribution is 2.59. The minimum atomic E-state index is -0.617. The Labute approximate surface area is 228 Å². The Morgan fingerprint density at radius 3 is 1.67 bits per heavy atom. The van der Waals surface area contributed by atoms with Crippen molar-refractivity contribution >= 4 is 29.3 Å². The van der Waals surface area contributed by atoms with Crippen molar-refractivity contribution < 1.29 is 14.3 Å². The lowest BCUT2D eigenvalue weighted by Crippen LogP contribution is -2.21. The van der Waals surface area contributed by atoms with Crippen molar-refractivity contribution in [3.05, 3.63) is 21.9 Å². The monoisotopic (exact) mass is 531 g/mol. The van der Waals surface area contributed by atoms with Crippen LogP contribution in [0, 0.1) is 28.6 Å². The molecule has 2 unspecified atom stereocenters. The maximum Gasteiger partial charge on any atom is 0.180 e. The fourth-order valence-electron chi connectivity index (χ4n) is 4.03. The number of allylic oxidation sites excluding steroid dienone is 1. The highest BCUT2D eigenvalue weighted by Gasteiger charge is 2.34. The molecule has 36 heavy (non-hydrogen) atoms. The highest BCUT2D eigenvalue weighted by atomic mass is 32.2. The number of hydrogen-bond acceptors (Lipinski definition) is 6. The van der Waals surface area contributed by atoms with Gasteiger partial charge in [-0.15, -0.1) is 0 Å². The van der Waals surface area contributed by atoms with Crippen LogP contribution in [0.1, 0.15) is 99.8 Å². The van der Waals surface area contributed by atoms with Crippen LogP contribution in [0.5, 0.6) is 11.5 Å². The lowest BCUT2D eigenvalue weighted by molar-refractivity contribution is -0.122. The standard InChI is InChI=1S/C30H45NO3S2/c1-8-12-14-21(10-3)19-33-24-16-17-25(34-20-22(11-4)15-13-9-2)27-26(24)35-29(36-27)23(18-31)28(32)30(5,6)7/h16-17,21-22H,8-15,19-20H2,1-7H3. The molecule has 200 valence electrons. The van der Waals surface area contributed by atoms with Gasteiger partial charge in [0.2, 0.25) is 0 Å². The van der Waals surface area contributed by atoms with E-state index in [0.717, 1.165) is 51.2 Å². The summed E-state index contributed by atoms with van der Waals surface area (Å²) in [5.41, 5.74) is -0.386. The van der Waals surface area contributed by atoms with E-state index < -0.39 is 5.41 Å². The van der Waals surface area contributed by atoms with E-state index in [1.54, 1.807) is 0 Å². The van der Waals surface area contributed by atoms with Crippen LogP contribution in [0.25, 0.3) is 0 Å². The normalized spacial score (nSPS) is 14.7. The van der Waals surface area contributed by atoms with Crippen molar-refractivity contribution in [1.82, 2.24) is 0 Å². The summed E-state index contributed by atoms with van der Waals surface area (Å²) in [5, 5.41) is 9.90. The molecule has 0 saturated heterocycles. The van der Waals surface area contributed by atoms with E-state index in [1.165, 1.54) is 49.2 Å². The molecule has 0 amide bonds. The average molecular weight is 532 g/mol. The summed E-state index contributed by atoms with van der Waals surface area (Å²) in [4.78, 5) is 15.0. The van der Waals surface area contributed by atoms with Gasteiger partial charge in [-0.2, -0.15) is 5.26 Å². The Morgan fingerprint density at radius 2 is 1.33 bits per heavy atom. The first-order chi connectivity index (χ1) is 17.2. The van der Waals surface area contributed by atoms with Crippen LogP contribution >= 0.6 is 23.5 Å². The summed E-state index contributed by atoms with van der Waals surface area (Å²) < 4.78 is 13.5. The molecule has 1 aromatic rings. The maximum atomic E-state index is 13.0. The average Bonchev–Trinajstić information content (AvgIpc) is 3.30. The van der Waals surface area contributed by atoms with Crippen molar-refractivity contribution in [3.63, 3.8) is 0 Å². The Kier molecular flexibility index (Phi) is 12.8. The number of nitriles is 1. The molecular weight excluding hydrogens is 486 g/mol. The highest BCUT2D eigenvalue weighted by molar-refractivity contribution is 8.24. The molecule has 0 radical (unpaired) electrons. The molecule has 1 aliphatic heterocycles. The Balaban J connectivity index is 2.37. The summed E-state index contributed by atoms with van der Waals surface area (Å²) >= 11 is 2.96. The van der Waals surface area contributed by atoms with E-state index in [9.17, 15) is 10.1 Å². The second kappa shape index (κ2) is 15.0. The van der Waals surface area contributed by atoms with Gasteiger partial charge in [0.25, 0.3) is 0 Å². The number of rotatable bonds is 15. The number of fused-ring (bicyclic) bond motifs is 1. The molecule has 2 rings (SSSR count). The quantitative estimate of drug-likeness (QED) is 0.166. The van der Waals surface area contributed by atoms with Crippen molar-refractivity contribution in [1.29, 1.82) is 5.26 Å². The third-order valence-corrected chi connectivity index (χ3v) is 9.32. The van der Waals surface area contributed by atoms with Crippen molar-refractivity contribution in [3.8, 4) is 17.6 Å². The van der Waals surface area contributed by atoms with Crippen LogP contribution in [-0.2, 0) is 4.79 Å². The van der Waals surface area contributed by atoms with Gasteiger partial charge >= 0.3 is 0 Å². The minimum absolute atomic E-state index is 0.131. The molecule has 4 nitrogen and oxygen atoms in total. The summed E-state index contributed by atoms with van der Waals surface area (Å²) in [6, 6.07) is 6.20. The first-order valence-corrected chi connectivity index (χ1v) is 15.3. The second-order valence-electron chi connectivity index (χ2n) is 10.7. The van der Waals surface area contributed by atoms with Gasteiger partial charge in [-0.3, -0.25) is 4.79 Å². The number of unbranched alkanes of at least 4 members (excludes halogenated alkanes) is 2. The van der Waals surface area contributed by atoms with Gasteiger partial charge in [0.1, 0.15) is 23.1 Å². The van der Waals surface area contributed by atoms with Gasteiger partial charge in [-0.05, 0) is 36.8 Å². The van der Waals surface area contributed by atoms with E-state index in [4.69, 9.17) is 9.47 Å². The van der Waals surface area contributed by atoms with E-state index in [1.807, 2.05) is 32.9 Å². The topological polar surface area (TPSA) is 59.3 Å². The van der Waals surface area contributed by atoms with Gasteiger partial charge in [0.15, 0.2) is 5.78 Å². The largest absolute Gasteiger partial charge is 0.492 e. The number of ketones is 1. The van der Waals surface area contributed by atoms with Crippen molar-refractivity contribution in [2.75, 3.05) is 13.2 Å². The molecule has 1 aromatic carbocycles. The number of Topliss-reactive ketones (excluding diaryl/α,β-unsaturated/α-hetero) is 1. The van der Waals surface area contributed by atoms with E-state index in [0.29, 0.717) is 25.0 Å². The smallest absolute Gasteiger partial charge is 0.180 e. The number of carbonyl (C=O) groups is 1. The summed E-state index contributed by atoms with van der Waals surface area (Å²) in [6.45, 7) is 15.8. The Hall–Kier alpha value is -1.58. The molecule has 1 aliphatic rings. The molecule has 0 N–H and O–H groups in total. The number of nitrogens with zero attached hydrogens (tertiary/aromatic N) is 1. The predicted molar refractivity (Wildman–Crippen MR) is 153 cm³/mol. The molecule has 2 atom stereocenters. The maximum absolute atomic E-state index is 13.0. The first-order valence-electron chi connectivity index (χ1n) is 13.7. The van der Waals surface area contributed by atoms with Gasteiger partial charge in [-0.25, -0.2) is 0 Å². The van der Waals surface area contributed by atoms with Gasteiger partial charge in [0.05, 0.1) is 27.2 Å². The SMILES string of the molecule is CCCCC(CC)COc1ccc(OCC(CC)CCCC)c2c1SC(=C(C#N)C(=O)C(C)(C)C)S2. The lowest BCUT2D eigenvalue weighted by Gasteiger charge is -2.19. The fourth-order valence-corrected chi connectivity index (χ4v) is 6.64. The number of benzene rings is 1. The van der Waals surface area contributed by atoms with Gasteiger partial charge < -0.3 is 9.47 Å². The fraction of sp³-hybridized carbons (Fsp3) is 0.667. The zero-order chi connectivity index (χ0) is 26.7. The van der Waals surface area contributed by atoms with Gasteiger partial charge in [-0.1, -0.05) is 111 Å². The first kappa shape index (κ1) is 30.6. The molecule has 0 saturated carbocycles. The zero-order valence-electron chi connectivity index (χ0n) is 23.4. The van der Waals surface area contributed by atoms with Gasteiger partial charge in [0, 0.05) is 5.41 Å². The lowest BCUT2D eigenvalue weighted by atomic mass is 9.87. The molecule has 0 aromatic heterocycles. The van der Waals surface area contributed by atoms with Crippen molar-refractivity contribution in [2.45, 2.75) is 110 Å². The van der Waals surface area contributed by atoms with Crippen LogP contribution in [0.2, 0.25) is 0 Å². The number of ether oxygens (including phenoxy) is 2. The summed E-state index contributed by atoms with van der Waals surface area (Å²) in [6.07, 6.45) is 9.30. The summed E-state index contributed by atoms with van der Waals surface area (Å²) in [5.74, 6) is 2.55. The third-order valence-electron chi connectivity index (χ3n) is 6.69. The second-order valence-corrected chi connectivity index (χ2v) is 13.0. The number of carbonyl (C=O) groups excluding carboxylic acids is 1. The van der Waals surface area contributed by atoms with Crippen LogP contribution < -0.4 is 9.47 Å². The molecule has 0 spiro atoms. The molecule has 0 bridgehead atoms. The van der Waals surface area contributed by atoms with Crippen molar-refractivity contribution in [2.24, 2.45) is 17.3 Å².